The molecular weight excluding hydrogens is 276 g/mol. The van der Waals surface area contributed by atoms with Crippen molar-refractivity contribution in [2.24, 2.45) is 0 Å². The van der Waals surface area contributed by atoms with Gasteiger partial charge in [-0.1, -0.05) is 0 Å². The van der Waals surface area contributed by atoms with Gasteiger partial charge in [0.2, 0.25) is 0 Å². The zero-order valence-corrected chi connectivity index (χ0v) is 11.7. The summed E-state index contributed by atoms with van der Waals surface area (Å²) >= 11 is 1.38. The van der Waals surface area contributed by atoms with Gasteiger partial charge in [-0.15, -0.1) is 11.8 Å². The average Bonchev–Trinajstić information content (AvgIpc) is 2.45. The summed E-state index contributed by atoms with van der Waals surface area (Å²) in [6.07, 6.45) is 0. The molecule has 0 radical (unpaired) electrons. The number of methoxy groups -OCH3 is 1. The Morgan fingerprint density at radius 1 is 1.15 bits per heavy atom. The molecular formula is C15H14O4S. The Hall–Kier alpha value is -2.14. The third-order valence-corrected chi connectivity index (χ3v) is 3.72. The highest BCUT2D eigenvalue weighted by Gasteiger charge is 2.12. The van der Waals surface area contributed by atoms with Crippen molar-refractivity contribution in [1.82, 2.24) is 0 Å². The molecule has 2 rings (SSSR count). The molecule has 0 aromatic heterocycles. The first-order valence-corrected chi connectivity index (χ1v) is 6.91. The molecule has 0 spiro atoms. The lowest BCUT2D eigenvalue weighted by Crippen LogP contribution is -2.02. The molecule has 0 atom stereocenters. The summed E-state index contributed by atoms with van der Waals surface area (Å²) in [5.74, 6) is 0.511. The van der Waals surface area contributed by atoms with E-state index in [2.05, 4.69) is 0 Å². The molecule has 0 aliphatic rings. The lowest BCUT2D eigenvalue weighted by atomic mass is 10.1. The normalized spacial score (nSPS) is 10.2. The highest BCUT2D eigenvalue weighted by atomic mass is 32.2. The Morgan fingerprint density at radius 2 is 1.85 bits per heavy atom. The number of phenolic OH excluding ortho intramolecular Hbond substituents is 2. The van der Waals surface area contributed by atoms with Crippen molar-refractivity contribution in [3.8, 4) is 17.2 Å². The number of benzene rings is 2. The number of hydrogen-bond donors (Lipinski definition) is 2. The van der Waals surface area contributed by atoms with Crippen molar-refractivity contribution >= 4 is 17.5 Å². The SMILES string of the molecule is COc1ccc(SCC(=O)c2ccc(O)cc2O)cc1. The lowest BCUT2D eigenvalue weighted by molar-refractivity contribution is 0.102. The molecule has 0 amide bonds. The Balaban J connectivity index is 2.00. The van der Waals surface area contributed by atoms with Crippen molar-refractivity contribution < 1.29 is 19.7 Å². The number of thioether (sulfide) groups is 1. The van der Waals surface area contributed by atoms with E-state index in [-0.39, 0.29) is 28.6 Å². The number of ether oxygens (including phenoxy) is 1. The minimum absolute atomic E-state index is 0.0677. The van der Waals surface area contributed by atoms with Crippen LogP contribution in [0.4, 0.5) is 0 Å². The molecule has 2 N–H and O–H groups in total. The van der Waals surface area contributed by atoms with Crippen LogP contribution in [0, 0.1) is 0 Å². The van der Waals surface area contributed by atoms with E-state index in [9.17, 15) is 15.0 Å². The van der Waals surface area contributed by atoms with Gasteiger partial charge in [0.15, 0.2) is 5.78 Å². The van der Waals surface area contributed by atoms with E-state index < -0.39 is 0 Å². The van der Waals surface area contributed by atoms with Crippen LogP contribution in [0.3, 0.4) is 0 Å². The molecule has 5 heteroatoms. The molecule has 2 aromatic rings. The largest absolute Gasteiger partial charge is 0.508 e. The van der Waals surface area contributed by atoms with Gasteiger partial charge in [-0.3, -0.25) is 4.79 Å². The van der Waals surface area contributed by atoms with Crippen LogP contribution >= 0.6 is 11.8 Å². The highest BCUT2D eigenvalue weighted by molar-refractivity contribution is 8.00. The molecule has 0 aliphatic heterocycles. The van der Waals surface area contributed by atoms with Crippen molar-refractivity contribution in [1.29, 1.82) is 0 Å². The van der Waals surface area contributed by atoms with Gasteiger partial charge in [0.1, 0.15) is 17.2 Å². The maximum absolute atomic E-state index is 12.0. The number of rotatable bonds is 5. The fourth-order valence-electron chi connectivity index (χ4n) is 1.65. The number of carbonyl (C=O) groups excluding carboxylic acids is 1. The predicted octanol–water partition coefficient (Wildman–Crippen LogP) is 3.08. The fraction of sp³-hybridized carbons (Fsp3) is 0.133. The maximum Gasteiger partial charge on any atom is 0.176 e. The molecule has 0 heterocycles. The van der Waals surface area contributed by atoms with Gasteiger partial charge in [-0.2, -0.15) is 0 Å². The quantitative estimate of drug-likeness (QED) is 0.654. The van der Waals surface area contributed by atoms with Crippen LogP contribution < -0.4 is 4.74 Å². The zero-order chi connectivity index (χ0) is 14.5. The van der Waals surface area contributed by atoms with Gasteiger partial charge in [0, 0.05) is 11.0 Å². The average molecular weight is 290 g/mol. The van der Waals surface area contributed by atoms with Crippen molar-refractivity contribution in [2.45, 2.75) is 4.90 Å². The number of ketones is 1. The maximum atomic E-state index is 12.0. The molecule has 0 saturated carbocycles. The van der Waals surface area contributed by atoms with E-state index in [1.165, 1.54) is 23.9 Å². The topological polar surface area (TPSA) is 66.8 Å². The van der Waals surface area contributed by atoms with Gasteiger partial charge < -0.3 is 14.9 Å². The molecule has 0 fully saturated rings. The standard InChI is InChI=1S/C15H14O4S/c1-19-11-3-5-12(6-4-11)20-9-15(18)13-7-2-10(16)8-14(13)17/h2-8,16-17H,9H2,1H3. The lowest BCUT2D eigenvalue weighted by Gasteiger charge is -2.05. The predicted molar refractivity (Wildman–Crippen MR) is 77.8 cm³/mol. The smallest absolute Gasteiger partial charge is 0.176 e. The Kier molecular flexibility index (Phi) is 4.53. The molecule has 0 aliphatic carbocycles. The first-order chi connectivity index (χ1) is 9.60. The summed E-state index contributed by atoms with van der Waals surface area (Å²) in [5, 5.41) is 18.8. The molecule has 4 nitrogen and oxygen atoms in total. The van der Waals surface area contributed by atoms with Crippen LogP contribution in [0.25, 0.3) is 0 Å². The van der Waals surface area contributed by atoms with Gasteiger partial charge in [0.25, 0.3) is 0 Å². The van der Waals surface area contributed by atoms with E-state index in [1.54, 1.807) is 7.11 Å². The van der Waals surface area contributed by atoms with E-state index in [1.807, 2.05) is 24.3 Å². The first-order valence-electron chi connectivity index (χ1n) is 5.92. The molecule has 0 bridgehead atoms. The number of aromatic hydroxyl groups is 2. The summed E-state index contributed by atoms with van der Waals surface area (Å²) in [5.41, 5.74) is 0.212. The summed E-state index contributed by atoms with van der Waals surface area (Å²) < 4.78 is 5.06. The van der Waals surface area contributed by atoms with Crippen molar-refractivity contribution in [2.75, 3.05) is 12.9 Å². The molecule has 20 heavy (non-hydrogen) atoms. The van der Waals surface area contributed by atoms with Gasteiger partial charge in [-0.25, -0.2) is 0 Å². The molecule has 104 valence electrons. The molecule has 0 saturated heterocycles. The Morgan fingerprint density at radius 3 is 2.45 bits per heavy atom. The summed E-state index contributed by atoms with van der Waals surface area (Å²) in [4.78, 5) is 12.9. The summed E-state index contributed by atoms with van der Waals surface area (Å²) in [7, 11) is 1.60. The first kappa shape index (κ1) is 14.3. The Bertz CT molecular complexity index is 608. The molecule has 2 aromatic carbocycles. The van der Waals surface area contributed by atoms with Crippen LogP contribution in [0.5, 0.6) is 17.2 Å². The third kappa shape index (κ3) is 3.45. The molecule has 0 unspecified atom stereocenters. The van der Waals surface area contributed by atoms with E-state index >= 15 is 0 Å². The third-order valence-electron chi connectivity index (χ3n) is 2.71. The fourth-order valence-corrected chi connectivity index (χ4v) is 2.44. The van der Waals surface area contributed by atoms with Crippen molar-refractivity contribution in [3.63, 3.8) is 0 Å². The Labute approximate surface area is 121 Å². The van der Waals surface area contributed by atoms with Crippen LogP contribution in [0.15, 0.2) is 47.4 Å². The number of carbonyl (C=O) groups is 1. The van der Waals surface area contributed by atoms with Crippen LogP contribution in [-0.4, -0.2) is 28.9 Å². The summed E-state index contributed by atoms with van der Waals surface area (Å²) in [6.45, 7) is 0. The highest BCUT2D eigenvalue weighted by Crippen LogP contribution is 2.26. The van der Waals surface area contributed by atoms with E-state index in [0.717, 1.165) is 16.7 Å². The minimum atomic E-state index is -0.203. The van der Waals surface area contributed by atoms with E-state index in [4.69, 9.17) is 4.74 Å². The second kappa shape index (κ2) is 6.34. The minimum Gasteiger partial charge on any atom is -0.508 e. The van der Waals surface area contributed by atoms with E-state index in [0.29, 0.717) is 0 Å². The van der Waals surface area contributed by atoms with Gasteiger partial charge in [0.05, 0.1) is 18.4 Å². The van der Waals surface area contributed by atoms with Gasteiger partial charge >= 0.3 is 0 Å². The van der Waals surface area contributed by atoms with Crippen LogP contribution in [0.1, 0.15) is 10.4 Å². The van der Waals surface area contributed by atoms with Gasteiger partial charge in [-0.05, 0) is 36.4 Å². The van der Waals surface area contributed by atoms with Crippen molar-refractivity contribution in [3.05, 3.63) is 48.0 Å². The van der Waals surface area contributed by atoms with Crippen LogP contribution in [-0.2, 0) is 0 Å². The number of phenols is 2. The zero-order valence-electron chi connectivity index (χ0n) is 10.9. The number of Topliss-reactive ketones (excluding diaryl/α,β-unsaturated/α-hetero) is 1. The number of hydrogen-bond acceptors (Lipinski definition) is 5. The second-order valence-corrected chi connectivity index (χ2v) is 5.14. The van der Waals surface area contributed by atoms with Crippen LogP contribution in [0.2, 0.25) is 0 Å². The second-order valence-electron chi connectivity index (χ2n) is 4.09. The monoisotopic (exact) mass is 290 g/mol. The summed E-state index contributed by atoms with van der Waals surface area (Å²) in [6, 6.07) is 11.3.